The van der Waals surface area contributed by atoms with Crippen molar-refractivity contribution < 1.29 is 18.3 Å². The Morgan fingerprint density at radius 3 is 2.76 bits per heavy atom. The lowest BCUT2D eigenvalue weighted by molar-refractivity contribution is 0.0697. The van der Waals surface area contributed by atoms with Crippen LogP contribution in [0.25, 0.3) is 0 Å². The van der Waals surface area contributed by atoms with Gasteiger partial charge >= 0.3 is 5.97 Å². The predicted molar refractivity (Wildman–Crippen MR) is 79.6 cm³/mol. The summed E-state index contributed by atoms with van der Waals surface area (Å²) in [5.74, 6) is -0.761. The van der Waals surface area contributed by atoms with Crippen LogP contribution in [0.4, 0.5) is 5.69 Å². The second-order valence-corrected chi connectivity index (χ2v) is 7.24. The third-order valence-electron chi connectivity index (χ3n) is 3.93. The van der Waals surface area contributed by atoms with Gasteiger partial charge in [0.15, 0.2) is 0 Å². The van der Waals surface area contributed by atoms with Gasteiger partial charge in [0, 0.05) is 13.1 Å². The molecule has 7 heteroatoms. The van der Waals surface area contributed by atoms with Gasteiger partial charge < -0.3 is 10.8 Å². The van der Waals surface area contributed by atoms with Crippen molar-refractivity contribution in [3.63, 3.8) is 0 Å². The van der Waals surface area contributed by atoms with Crippen LogP contribution in [0.2, 0.25) is 0 Å². The second-order valence-electron chi connectivity index (χ2n) is 5.34. The Hall–Kier alpha value is -1.60. The molecule has 1 aliphatic rings. The number of piperidine rings is 1. The summed E-state index contributed by atoms with van der Waals surface area (Å²) < 4.78 is 26.8. The van der Waals surface area contributed by atoms with E-state index < -0.39 is 16.0 Å². The summed E-state index contributed by atoms with van der Waals surface area (Å²) in [4.78, 5) is 10.9. The molecular formula is C14H20N2O4S. The number of hydrogen-bond acceptors (Lipinski definition) is 4. The van der Waals surface area contributed by atoms with Gasteiger partial charge in [-0.25, -0.2) is 13.2 Å². The number of carboxylic acid groups (broad SMARTS) is 1. The Morgan fingerprint density at radius 1 is 1.48 bits per heavy atom. The Morgan fingerprint density at radius 2 is 2.19 bits per heavy atom. The Bertz CT molecular complexity index is 642. The van der Waals surface area contributed by atoms with Gasteiger partial charge in [-0.05, 0) is 37.0 Å². The fraction of sp³-hybridized carbons (Fsp3) is 0.500. The predicted octanol–water partition coefficient (Wildman–Crippen LogP) is 1.78. The van der Waals surface area contributed by atoms with Crippen LogP contribution in [0.3, 0.4) is 0 Å². The molecular weight excluding hydrogens is 292 g/mol. The van der Waals surface area contributed by atoms with E-state index in [9.17, 15) is 13.2 Å². The molecule has 3 N–H and O–H groups in total. The van der Waals surface area contributed by atoms with Crippen molar-refractivity contribution in [3.05, 3.63) is 23.8 Å². The molecule has 6 nitrogen and oxygen atoms in total. The highest BCUT2D eigenvalue weighted by atomic mass is 32.2. The molecule has 0 saturated carbocycles. The molecule has 1 heterocycles. The van der Waals surface area contributed by atoms with E-state index in [1.54, 1.807) is 0 Å². The van der Waals surface area contributed by atoms with Gasteiger partial charge in [0.1, 0.15) is 4.90 Å². The molecule has 1 aromatic rings. The molecule has 0 aliphatic carbocycles. The lowest BCUT2D eigenvalue weighted by atomic mass is 9.97. The normalized spacial score (nSPS) is 20.3. The molecule has 1 atom stereocenters. The van der Waals surface area contributed by atoms with Gasteiger partial charge in [0.05, 0.1) is 11.3 Å². The van der Waals surface area contributed by atoms with Gasteiger partial charge in [-0.1, -0.05) is 13.3 Å². The van der Waals surface area contributed by atoms with Crippen molar-refractivity contribution in [1.82, 2.24) is 4.31 Å². The smallest absolute Gasteiger partial charge is 0.335 e. The zero-order valence-electron chi connectivity index (χ0n) is 11.9. The fourth-order valence-electron chi connectivity index (χ4n) is 2.63. The van der Waals surface area contributed by atoms with Crippen molar-refractivity contribution in [3.8, 4) is 0 Å². The molecule has 0 amide bonds. The number of benzene rings is 1. The van der Waals surface area contributed by atoms with Crippen LogP contribution in [-0.2, 0) is 10.0 Å². The number of carboxylic acids is 1. The highest BCUT2D eigenvalue weighted by Crippen LogP contribution is 2.28. The van der Waals surface area contributed by atoms with Gasteiger partial charge in [0.2, 0.25) is 10.0 Å². The van der Waals surface area contributed by atoms with Crippen LogP contribution in [-0.4, -0.2) is 36.9 Å². The monoisotopic (exact) mass is 312 g/mol. The Balaban J connectivity index is 2.33. The molecule has 1 fully saturated rings. The van der Waals surface area contributed by atoms with Gasteiger partial charge in [0.25, 0.3) is 0 Å². The molecule has 0 spiro atoms. The fourth-order valence-corrected chi connectivity index (χ4v) is 4.29. The molecule has 0 aromatic heterocycles. The number of hydrogen-bond donors (Lipinski definition) is 2. The standard InChI is InChI=1S/C14H20N2O4S/c1-2-10-4-3-7-16(9-10)21(19,20)13-6-5-11(14(17)18)8-12(13)15/h5-6,8,10H,2-4,7,9,15H2,1H3,(H,17,18). The van der Waals surface area contributed by atoms with Crippen molar-refractivity contribution in [1.29, 1.82) is 0 Å². The molecule has 1 aromatic carbocycles. The first-order valence-corrected chi connectivity index (χ1v) is 8.43. The summed E-state index contributed by atoms with van der Waals surface area (Å²) in [5, 5.41) is 8.90. The van der Waals surface area contributed by atoms with Gasteiger partial charge in [-0.2, -0.15) is 4.31 Å². The Kier molecular flexibility index (Phi) is 4.53. The first-order valence-electron chi connectivity index (χ1n) is 6.99. The first-order chi connectivity index (χ1) is 9.86. The molecule has 1 saturated heterocycles. The minimum Gasteiger partial charge on any atom is -0.478 e. The van der Waals surface area contributed by atoms with E-state index in [1.165, 1.54) is 22.5 Å². The average molecular weight is 312 g/mol. The molecule has 116 valence electrons. The molecule has 0 radical (unpaired) electrons. The lowest BCUT2D eigenvalue weighted by Crippen LogP contribution is -2.39. The highest BCUT2D eigenvalue weighted by molar-refractivity contribution is 7.89. The van der Waals surface area contributed by atoms with Crippen LogP contribution in [0.5, 0.6) is 0 Å². The van der Waals surface area contributed by atoms with Crippen LogP contribution in [0, 0.1) is 5.92 Å². The van der Waals surface area contributed by atoms with Crippen molar-refractivity contribution in [2.45, 2.75) is 31.1 Å². The van der Waals surface area contributed by atoms with E-state index in [-0.39, 0.29) is 16.1 Å². The van der Waals surface area contributed by atoms with E-state index in [0.717, 1.165) is 19.3 Å². The van der Waals surface area contributed by atoms with E-state index in [2.05, 4.69) is 6.92 Å². The topological polar surface area (TPSA) is 101 Å². The SMILES string of the molecule is CCC1CCCN(S(=O)(=O)c2ccc(C(=O)O)cc2N)C1. The summed E-state index contributed by atoms with van der Waals surface area (Å²) >= 11 is 0. The molecule has 1 unspecified atom stereocenters. The maximum absolute atomic E-state index is 12.6. The lowest BCUT2D eigenvalue weighted by Gasteiger charge is -2.31. The highest BCUT2D eigenvalue weighted by Gasteiger charge is 2.31. The zero-order valence-corrected chi connectivity index (χ0v) is 12.8. The largest absolute Gasteiger partial charge is 0.478 e. The maximum atomic E-state index is 12.6. The number of nitrogens with two attached hydrogens (primary N) is 1. The maximum Gasteiger partial charge on any atom is 0.335 e. The second kappa shape index (κ2) is 6.03. The average Bonchev–Trinajstić information content (AvgIpc) is 2.46. The number of rotatable bonds is 4. The molecule has 0 bridgehead atoms. The number of aromatic carboxylic acids is 1. The molecule has 2 rings (SSSR count). The van der Waals surface area contributed by atoms with Crippen LogP contribution >= 0.6 is 0 Å². The van der Waals surface area contributed by atoms with E-state index in [4.69, 9.17) is 10.8 Å². The number of sulfonamides is 1. The van der Waals surface area contributed by atoms with E-state index >= 15 is 0 Å². The minimum atomic E-state index is -3.66. The van der Waals surface area contributed by atoms with Crippen LogP contribution < -0.4 is 5.73 Å². The summed E-state index contributed by atoms with van der Waals surface area (Å²) in [6, 6.07) is 3.74. The molecule has 21 heavy (non-hydrogen) atoms. The zero-order chi connectivity index (χ0) is 15.6. The van der Waals surface area contributed by atoms with Gasteiger partial charge in [-0.3, -0.25) is 0 Å². The van der Waals surface area contributed by atoms with Crippen LogP contribution in [0.15, 0.2) is 23.1 Å². The quantitative estimate of drug-likeness (QED) is 0.825. The first kappa shape index (κ1) is 15.8. The number of nitrogen functional groups attached to an aromatic ring is 1. The summed E-state index contributed by atoms with van der Waals surface area (Å²) in [7, 11) is -3.66. The van der Waals surface area contributed by atoms with Crippen LogP contribution in [0.1, 0.15) is 36.5 Å². The molecule has 1 aliphatic heterocycles. The van der Waals surface area contributed by atoms with Crippen molar-refractivity contribution in [2.75, 3.05) is 18.8 Å². The number of nitrogens with zero attached hydrogens (tertiary/aromatic N) is 1. The Labute approximate surface area is 124 Å². The number of anilines is 1. The van der Waals surface area contributed by atoms with Crippen molar-refractivity contribution in [2.24, 2.45) is 5.92 Å². The third-order valence-corrected chi connectivity index (χ3v) is 5.87. The third kappa shape index (κ3) is 3.19. The van der Waals surface area contributed by atoms with Crippen molar-refractivity contribution >= 4 is 21.7 Å². The summed E-state index contributed by atoms with van der Waals surface area (Å²) in [6.07, 6.45) is 2.82. The minimum absolute atomic E-state index is 0.00995. The summed E-state index contributed by atoms with van der Waals surface area (Å²) in [6.45, 7) is 3.04. The summed E-state index contributed by atoms with van der Waals surface area (Å²) in [5.41, 5.74) is 5.71. The number of carbonyl (C=O) groups is 1. The van der Waals surface area contributed by atoms with Gasteiger partial charge in [-0.15, -0.1) is 0 Å². The van der Waals surface area contributed by atoms with E-state index in [1.807, 2.05) is 0 Å². The van der Waals surface area contributed by atoms with E-state index in [0.29, 0.717) is 19.0 Å².